The number of hydrogen-bond acceptors (Lipinski definition) is 12. The number of ether oxygens (including phenoxy) is 2. The summed E-state index contributed by atoms with van der Waals surface area (Å²) in [5.74, 6) is -1.09. The van der Waals surface area contributed by atoms with Crippen molar-refractivity contribution in [1.29, 1.82) is 0 Å². The molecule has 1 fully saturated rings. The molecule has 1 aliphatic rings. The molecule has 0 spiro atoms. The van der Waals surface area contributed by atoms with E-state index in [1.807, 2.05) is 0 Å². The Morgan fingerprint density at radius 3 is 1.10 bits per heavy atom. The van der Waals surface area contributed by atoms with Crippen molar-refractivity contribution >= 4 is 19.8 Å². The first-order valence-corrected chi connectivity index (χ1v) is 29.6. The highest BCUT2D eigenvalue weighted by Gasteiger charge is 2.51. The number of rotatable bonds is 48. The van der Waals surface area contributed by atoms with Gasteiger partial charge in [0.2, 0.25) is 0 Å². The minimum absolute atomic E-state index is 0.0971. The van der Waals surface area contributed by atoms with E-state index in [0.717, 1.165) is 51.4 Å². The Morgan fingerprint density at radius 1 is 0.435 bits per heavy atom. The number of aliphatic hydroxyl groups is 5. The van der Waals surface area contributed by atoms with Gasteiger partial charge in [0.25, 0.3) is 0 Å². The lowest BCUT2D eigenvalue weighted by molar-refractivity contribution is -0.220. The molecule has 6 N–H and O–H groups in total. The van der Waals surface area contributed by atoms with Crippen molar-refractivity contribution in [3.8, 4) is 0 Å². The van der Waals surface area contributed by atoms with Crippen LogP contribution in [0.3, 0.4) is 0 Å². The van der Waals surface area contributed by atoms with E-state index in [4.69, 9.17) is 18.5 Å². The third kappa shape index (κ3) is 36.8. The summed E-state index contributed by atoms with van der Waals surface area (Å²) in [5, 5.41) is 50.4. The van der Waals surface area contributed by atoms with Gasteiger partial charge in [-0.1, -0.05) is 205 Å². The minimum atomic E-state index is -5.12. The van der Waals surface area contributed by atoms with Gasteiger partial charge in [-0.3, -0.25) is 18.6 Å². The van der Waals surface area contributed by atoms with Gasteiger partial charge in [0.1, 0.15) is 43.2 Å². The van der Waals surface area contributed by atoms with E-state index in [2.05, 4.69) is 38.2 Å². The van der Waals surface area contributed by atoms with Crippen molar-refractivity contribution < 1.29 is 63.1 Å². The maximum Gasteiger partial charge on any atom is 0.472 e. The van der Waals surface area contributed by atoms with Crippen LogP contribution in [0.4, 0.5) is 0 Å². The Morgan fingerprint density at radius 2 is 0.739 bits per heavy atom. The standard InChI is InChI=1S/C55H103O13P/c1-3-5-7-9-11-13-15-17-19-21-23-24-26-27-29-31-33-35-37-39-41-43-48(56)65-45-47(46-66-69(63,64)68-55-53(61)51(59)50(58)52(60)54(55)62)67-49(57)44-42-40-38-36-34-32-30-28-25-22-20-18-16-14-12-10-8-6-4-2/h17-20,47,50-55,58-62H,3-16,21-46H2,1-2H3,(H,63,64)/b19-17+,20-18+/t47-,50?,51-,52?,53?,54?,55?/m0/s1. The lowest BCUT2D eigenvalue weighted by Gasteiger charge is -2.41. The predicted octanol–water partition coefficient (Wildman–Crippen LogP) is 12.7. The zero-order chi connectivity index (χ0) is 50.6. The van der Waals surface area contributed by atoms with E-state index in [1.165, 1.54) is 167 Å². The average molecular weight is 1000 g/mol. The summed E-state index contributed by atoms with van der Waals surface area (Å²) in [6, 6.07) is 0. The SMILES string of the molecule is CCCCCCCC/C=C/CCCCCCCCCCCCCC(=O)OC[C@@H](COP(=O)(O)OC1C(O)C(O)C(O)[C@H](O)C1O)OC(=O)CCCCCCCCCCC/C=C/CCCCCCCC. The zero-order valence-electron chi connectivity index (χ0n) is 43.6. The summed E-state index contributed by atoms with van der Waals surface area (Å²) in [7, 11) is -5.12. The van der Waals surface area contributed by atoms with Crippen LogP contribution in [0.25, 0.3) is 0 Å². The third-order valence-electron chi connectivity index (χ3n) is 13.3. The van der Waals surface area contributed by atoms with Gasteiger partial charge < -0.3 is 39.9 Å². The number of aliphatic hydroxyl groups excluding tert-OH is 5. The van der Waals surface area contributed by atoms with Crippen molar-refractivity contribution in [3.05, 3.63) is 24.3 Å². The lowest BCUT2D eigenvalue weighted by atomic mass is 9.85. The Bertz CT molecular complexity index is 1300. The maximum atomic E-state index is 12.9. The van der Waals surface area contributed by atoms with Crippen LogP contribution >= 0.6 is 7.82 Å². The number of phosphoric ester groups is 1. The van der Waals surface area contributed by atoms with Crippen LogP contribution in [0.2, 0.25) is 0 Å². The summed E-state index contributed by atoms with van der Waals surface area (Å²) in [4.78, 5) is 35.9. The van der Waals surface area contributed by atoms with Gasteiger partial charge in [-0.15, -0.1) is 0 Å². The maximum absolute atomic E-state index is 12.9. The molecule has 6 unspecified atom stereocenters. The Kier molecular flexibility index (Phi) is 42.6. The van der Waals surface area contributed by atoms with E-state index in [9.17, 15) is 44.6 Å². The number of esters is 2. The Labute approximate surface area is 419 Å². The van der Waals surface area contributed by atoms with Crippen LogP contribution in [-0.2, 0) is 32.7 Å². The molecule has 69 heavy (non-hydrogen) atoms. The lowest BCUT2D eigenvalue weighted by Crippen LogP contribution is -2.64. The van der Waals surface area contributed by atoms with Crippen LogP contribution in [0.15, 0.2) is 24.3 Å². The summed E-state index contributed by atoms with van der Waals surface area (Å²) >= 11 is 0. The number of carbonyl (C=O) groups excluding carboxylic acids is 2. The summed E-state index contributed by atoms with van der Waals surface area (Å²) < 4.78 is 33.7. The molecule has 0 aromatic carbocycles. The molecular weight excluding hydrogens is 900 g/mol. The van der Waals surface area contributed by atoms with Crippen molar-refractivity contribution in [2.24, 2.45) is 0 Å². The monoisotopic (exact) mass is 1000 g/mol. The largest absolute Gasteiger partial charge is 0.472 e. The smallest absolute Gasteiger partial charge is 0.462 e. The first kappa shape index (κ1) is 65.3. The summed E-state index contributed by atoms with van der Waals surface area (Å²) in [6.45, 7) is 3.34. The van der Waals surface area contributed by atoms with Gasteiger partial charge in [-0.2, -0.15) is 0 Å². The van der Waals surface area contributed by atoms with Crippen molar-refractivity contribution in [2.75, 3.05) is 13.2 Å². The number of unbranched alkanes of at least 4 members (excludes halogenated alkanes) is 32. The fraction of sp³-hybridized carbons (Fsp3) is 0.891. The van der Waals surface area contributed by atoms with E-state index in [1.54, 1.807) is 0 Å². The van der Waals surface area contributed by atoms with Gasteiger partial charge in [0, 0.05) is 12.8 Å². The molecule has 0 aromatic rings. The molecule has 406 valence electrons. The van der Waals surface area contributed by atoms with Crippen LogP contribution in [0.1, 0.15) is 258 Å². The molecule has 0 aliphatic heterocycles. The topological polar surface area (TPSA) is 210 Å². The summed E-state index contributed by atoms with van der Waals surface area (Å²) in [5.41, 5.74) is 0. The van der Waals surface area contributed by atoms with E-state index < -0.39 is 75.7 Å². The van der Waals surface area contributed by atoms with Crippen molar-refractivity contribution in [3.63, 3.8) is 0 Å². The second-order valence-electron chi connectivity index (χ2n) is 19.8. The molecule has 13 nitrogen and oxygen atoms in total. The molecule has 0 aromatic heterocycles. The first-order chi connectivity index (χ1) is 33.4. The normalized spacial score (nSPS) is 21.0. The Hall–Kier alpha value is -1.67. The van der Waals surface area contributed by atoms with Gasteiger partial charge in [0.15, 0.2) is 6.10 Å². The molecule has 8 atom stereocenters. The fourth-order valence-electron chi connectivity index (χ4n) is 8.75. The molecule has 0 bridgehead atoms. The number of hydrogen-bond donors (Lipinski definition) is 6. The Balaban J connectivity index is 2.34. The molecule has 0 amide bonds. The van der Waals surface area contributed by atoms with Crippen LogP contribution < -0.4 is 0 Å². The number of carbonyl (C=O) groups is 2. The van der Waals surface area contributed by atoms with Crippen molar-refractivity contribution in [2.45, 2.75) is 301 Å². The van der Waals surface area contributed by atoms with E-state index in [0.29, 0.717) is 12.8 Å². The molecular formula is C55H103O13P. The van der Waals surface area contributed by atoms with Crippen LogP contribution in [0.5, 0.6) is 0 Å². The molecule has 0 heterocycles. The molecule has 0 saturated heterocycles. The van der Waals surface area contributed by atoms with Crippen molar-refractivity contribution in [1.82, 2.24) is 0 Å². The number of allylic oxidation sites excluding steroid dienone is 4. The predicted molar refractivity (Wildman–Crippen MR) is 277 cm³/mol. The molecule has 1 saturated carbocycles. The van der Waals surface area contributed by atoms with E-state index in [-0.39, 0.29) is 12.8 Å². The zero-order valence-corrected chi connectivity index (χ0v) is 44.5. The second kappa shape index (κ2) is 45.0. The van der Waals surface area contributed by atoms with Gasteiger partial charge in [0.05, 0.1) is 6.61 Å². The third-order valence-corrected chi connectivity index (χ3v) is 14.3. The van der Waals surface area contributed by atoms with Gasteiger partial charge >= 0.3 is 19.8 Å². The fourth-order valence-corrected chi connectivity index (χ4v) is 9.72. The van der Waals surface area contributed by atoms with Gasteiger partial charge in [-0.05, 0) is 64.2 Å². The van der Waals surface area contributed by atoms with Crippen LogP contribution in [-0.4, -0.2) is 98.3 Å². The van der Waals surface area contributed by atoms with Gasteiger partial charge in [-0.25, -0.2) is 4.57 Å². The average Bonchev–Trinajstić information content (AvgIpc) is 3.33. The molecule has 1 aliphatic carbocycles. The quantitative estimate of drug-likeness (QED) is 0.0145. The highest BCUT2D eigenvalue weighted by atomic mass is 31.2. The second-order valence-corrected chi connectivity index (χ2v) is 21.2. The highest BCUT2D eigenvalue weighted by molar-refractivity contribution is 7.47. The molecule has 1 rings (SSSR count). The minimum Gasteiger partial charge on any atom is -0.462 e. The number of phosphoric acid groups is 1. The molecule has 0 radical (unpaired) electrons. The summed E-state index contributed by atoms with van der Waals surface area (Å²) in [6.07, 6.45) is 39.3. The highest BCUT2D eigenvalue weighted by Crippen LogP contribution is 2.47. The molecule has 14 heteroatoms. The van der Waals surface area contributed by atoms with Crippen LogP contribution in [0, 0.1) is 0 Å². The van der Waals surface area contributed by atoms with E-state index >= 15 is 0 Å². The first-order valence-electron chi connectivity index (χ1n) is 28.1.